The molecule has 1 rings (SSSR count). The molecule has 0 N–H and O–H groups in total. The highest BCUT2D eigenvalue weighted by Gasteiger charge is 2.13. The quantitative estimate of drug-likeness (QED) is 0.780. The van der Waals surface area contributed by atoms with Crippen molar-refractivity contribution in [3.8, 4) is 12.1 Å². The molecule has 0 radical (unpaired) electrons. The van der Waals surface area contributed by atoms with Gasteiger partial charge in [0, 0.05) is 13.6 Å². The van der Waals surface area contributed by atoms with Crippen molar-refractivity contribution in [2.24, 2.45) is 5.92 Å². The van der Waals surface area contributed by atoms with E-state index in [2.05, 4.69) is 6.07 Å². The summed E-state index contributed by atoms with van der Waals surface area (Å²) in [6.45, 7) is 2.25. The molecule has 0 aliphatic carbocycles. The number of nitrogens with zero attached hydrogens (tertiary/aromatic N) is 3. The van der Waals surface area contributed by atoms with Crippen molar-refractivity contribution in [2.75, 3.05) is 18.5 Å². The Labute approximate surface area is 94.3 Å². The summed E-state index contributed by atoms with van der Waals surface area (Å²) in [7, 11) is 1.74. The van der Waals surface area contributed by atoms with E-state index in [0.29, 0.717) is 12.2 Å². The molecule has 82 valence electrons. The van der Waals surface area contributed by atoms with Crippen LogP contribution in [0.5, 0.6) is 0 Å². The SMILES string of the molecule is CC(C#N)CN(C)c1cccc(F)c1C#N. The van der Waals surface area contributed by atoms with Crippen LogP contribution in [0.1, 0.15) is 12.5 Å². The van der Waals surface area contributed by atoms with E-state index >= 15 is 0 Å². The molecule has 0 bridgehead atoms. The number of benzene rings is 1. The van der Waals surface area contributed by atoms with Gasteiger partial charge in [0.25, 0.3) is 0 Å². The Morgan fingerprint density at radius 1 is 1.44 bits per heavy atom. The molecule has 0 saturated carbocycles. The molecule has 0 aromatic heterocycles. The minimum atomic E-state index is -0.531. The van der Waals surface area contributed by atoms with Crippen LogP contribution < -0.4 is 4.90 Å². The summed E-state index contributed by atoms with van der Waals surface area (Å²) in [5, 5.41) is 17.6. The molecule has 0 heterocycles. The molecule has 0 fully saturated rings. The molecule has 16 heavy (non-hydrogen) atoms. The number of halogens is 1. The summed E-state index contributed by atoms with van der Waals surface area (Å²) in [6.07, 6.45) is 0. The Morgan fingerprint density at radius 3 is 2.69 bits per heavy atom. The molecular formula is C12H12FN3. The second kappa shape index (κ2) is 5.14. The van der Waals surface area contributed by atoms with E-state index in [9.17, 15) is 4.39 Å². The zero-order valence-electron chi connectivity index (χ0n) is 9.24. The molecule has 3 nitrogen and oxygen atoms in total. The monoisotopic (exact) mass is 217 g/mol. The van der Waals surface area contributed by atoms with Gasteiger partial charge in [-0.1, -0.05) is 6.07 Å². The van der Waals surface area contributed by atoms with E-state index in [1.54, 1.807) is 31.0 Å². The van der Waals surface area contributed by atoms with Crippen molar-refractivity contribution in [3.05, 3.63) is 29.6 Å². The number of nitriles is 2. The van der Waals surface area contributed by atoms with Gasteiger partial charge in [0.2, 0.25) is 0 Å². The van der Waals surface area contributed by atoms with Gasteiger partial charge >= 0.3 is 0 Å². The third-order valence-electron chi connectivity index (χ3n) is 2.28. The third kappa shape index (κ3) is 2.49. The fourth-order valence-electron chi connectivity index (χ4n) is 1.49. The summed E-state index contributed by atoms with van der Waals surface area (Å²) in [5.74, 6) is -0.698. The first kappa shape index (κ1) is 12.0. The van der Waals surface area contributed by atoms with Crippen molar-refractivity contribution in [2.45, 2.75) is 6.92 Å². The van der Waals surface area contributed by atoms with Gasteiger partial charge < -0.3 is 4.90 Å². The Morgan fingerprint density at radius 2 is 2.12 bits per heavy atom. The normalized spacial score (nSPS) is 11.3. The Balaban J connectivity index is 3.01. The van der Waals surface area contributed by atoms with Gasteiger partial charge in [0.1, 0.15) is 17.4 Å². The van der Waals surface area contributed by atoms with Crippen molar-refractivity contribution in [3.63, 3.8) is 0 Å². The first-order valence-corrected chi connectivity index (χ1v) is 4.89. The molecule has 1 aromatic carbocycles. The maximum atomic E-state index is 13.3. The van der Waals surface area contributed by atoms with E-state index in [1.165, 1.54) is 6.07 Å². The van der Waals surface area contributed by atoms with E-state index < -0.39 is 5.82 Å². The van der Waals surface area contributed by atoms with Gasteiger partial charge in [-0.05, 0) is 19.1 Å². The lowest BCUT2D eigenvalue weighted by atomic mass is 10.1. The summed E-state index contributed by atoms with van der Waals surface area (Å²) in [5.41, 5.74) is 0.541. The zero-order chi connectivity index (χ0) is 12.1. The average molecular weight is 217 g/mol. The van der Waals surface area contributed by atoms with Crippen LogP contribution in [-0.4, -0.2) is 13.6 Å². The average Bonchev–Trinajstić information content (AvgIpc) is 2.28. The molecule has 1 aromatic rings. The lowest BCUT2D eigenvalue weighted by Gasteiger charge is -2.21. The molecule has 1 unspecified atom stereocenters. The van der Waals surface area contributed by atoms with Crippen molar-refractivity contribution in [1.29, 1.82) is 10.5 Å². The third-order valence-corrected chi connectivity index (χ3v) is 2.28. The highest BCUT2D eigenvalue weighted by Crippen LogP contribution is 2.21. The van der Waals surface area contributed by atoms with Crippen LogP contribution in [0.4, 0.5) is 10.1 Å². The number of rotatable bonds is 3. The maximum absolute atomic E-state index is 13.3. The lowest BCUT2D eigenvalue weighted by molar-refractivity contribution is 0.622. The summed E-state index contributed by atoms with van der Waals surface area (Å²) < 4.78 is 13.3. The van der Waals surface area contributed by atoms with Crippen LogP contribution in [0.3, 0.4) is 0 Å². The smallest absolute Gasteiger partial charge is 0.143 e. The van der Waals surface area contributed by atoms with Crippen LogP contribution in [0.25, 0.3) is 0 Å². The van der Waals surface area contributed by atoms with E-state index in [-0.39, 0.29) is 11.5 Å². The number of anilines is 1. The molecule has 0 amide bonds. The second-order valence-corrected chi connectivity index (χ2v) is 3.66. The van der Waals surface area contributed by atoms with Crippen LogP contribution in [0.2, 0.25) is 0 Å². The predicted molar refractivity (Wildman–Crippen MR) is 59.2 cm³/mol. The van der Waals surface area contributed by atoms with Gasteiger partial charge in [0.05, 0.1) is 17.7 Å². The standard InChI is InChI=1S/C12H12FN3/c1-9(6-14)8-16(2)12-5-3-4-11(13)10(12)7-15/h3-5,9H,8H2,1-2H3. The van der Waals surface area contributed by atoms with Gasteiger partial charge in [-0.15, -0.1) is 0 Å². The van der Waals surface area contributed by atoms with Crippen LogP contribution >= 0.6 is 0 Å². The van der Waals surface area contributed by atoms with Gasteiger partial charge in [0.15, 0.2) is 0 Å². The number of hydrogen-bond donors (Lipinski definition) is 0. The highest BCUT2D eigenvalue weighted by molar-refractivity contribution is 5.59. The molecule has 4 heteroatoms. The fraction of sp³-hybridized carbons (Fsp3) is 0.333. The van der Waals surface area contributed by atoms with Gasteiger partial charge in [-0.25, -0.2) is 4.39 Å². The summed E-state index contributed by atoms with van der Waals surface area (Å²) >= 11 is 0. The van der Waals surface area contributed by atoms with Crippen molar-refractivity contribution >= 4 is 5.69 Å². The molecular weight excluding hydrogens is 205 g/mol. The zero-order valence-corrected chi connectivity index (χ0v) is 9.24. The Hall–Kier alpha value is -2.07. The van der Waals surface area contributed by atoms with Crippen molar-refractivity contribution < 1.29 is 4.39 Å². The second-order valence-electron chi connectivity index (χ2n) is 3.66. The molecule has 0 spiro atoms. The lowest BCUT2D eigenvalue weighted by Crippen LogP contribution is -2.24. The molecule has 0 aliphatic heterocycles. The predicted octanol–water partition coefficient (Wildman–Crippen LogP) is 2.29. The first-order chi connectivity index (χ1) is 7.60. The summed E-state index contributed by atoms with van der Waals surface area (Å²) in [6, 6.07) is 8.42. The minimum absolute atomic E-state index is 0.0233. The first-order valence-electron chi connectivity index (χ1n) is 4.89. The van der Waals surface area contributed by atoms with E-state index in [4.69, 9.17) is 10.5 Å². The highest BCUT2D eigenvalue weighted by atomic mass is 19.1. The van der Waals surface area contributed by atoms with Crippen LogP contribution in [-0.2, 0) is 0 Å². The Bertz CT molecular complexity index is 456. The van der Waals surface area contributed by atoms with Crippen molar-refractivity contribution in [1.82, 2.24) is 0 Å². The van der Waals surface area contributed by atoms with Gasteiger partial charge in [-0.2, -0.15) is 10.5 Å². The molecule has 0 aliphatic rings. The van der Waals surface area contributed by atoms with Crippen LogP contribution in [0, 0.1) is 34.4 Å². The molecule has 1 atom stereocenters. The molecule has 0 saturated heterocycles. The number of hydrogen-bond acceptors (Lipinski definition) is 3. The van der Waals surface area contributed by atoms with E-state index in [1.807, 2.05) is 6.07 Å². The largest absolute Gasteiger partial charge is 0.372 e. The van der Waals surface area contributed by atoms with Gasteiger partial charge in [-0.3, -0.25) is 0 Å². The summed E-state index contributed by atoms with van der Waals surface area (Å²) in [4.78, 5) is 1.72. The Kier molecular flexibility index (Phi) is 3.85. The maximum Gasteiger partial charge on any atom is 0.143 e. The minimum Gasteiger partial charge on any atom is -0.372 e. The fourth-order valence-corrected chi connectivity index (χ4v) is 1.49. The van der Waals surface area contributed by atoms with E-state index in [0.717, 1.165) is 0 Å². The topological polar surface area (TPSA) is 50.8 Å². The van der Waals surface area contributed by atoms with Crippen LogP contribution in [0.15, 0.2) is 18.2 Å².